The lowest BCUT2D eigenvalue weighted by Gasteiger charge is -2.36. The minimum absolute atomic E-state index is 0.0747. The average Bonchev–Trinajstić information content (AvgIpc) is 2.48. The van der Waals surface area contributed by atoms with Crippen LogP contribution in [0.15, 0.2) is 17.0 Å². The van der Waals surface area contributed by atoms with Crippen LogP contribution in [0.25, 0.3) is 0 Å². The maximum absolute atomic E-state index is 11.4. The Kier molecular flexibility index (Phi) is 1.53. The highest BCUT2D eigenvalue weighted by Gasteiger charge is 2.38. The van der Waals surface area contributed by atoms with Gasteiger partial charge in [0.15, 0.2) is 0 Å². The number of amides is 1. The highest BCUT2D eigenvalue weighted by atomic mass is 16.2. The molecular weight excluding hydrogens is 180 g/mol. The summed E-state index contributed by atoms with van der Waals surface area (Å²) in [7, 11) is 0. The predicted octanol–water partition coefficient (Wildman–Crippen LogP) is -0.0677. The molecule has 0 spiro atoms. The molecule has 0 bridgehead atoms. The van der Waals surface area contributed by atoms with E-state index in [-0.39, 0.29) is 12.1 Å². The fraction of sp³-hybridized carbons (Fsp3) is 0.556. The number of nitrogens with zero attached hydrogens (tertiary/aromatic N) is 2. The number of carbonyl (C=O) groups excluding carboxylic acids is 1. The molecule has 2 N–H and O–H groups in total. The number of carbonyl (C=O) groups is 1. The van der Waals surface area contributed by atoms with Gasteiger partial charge in [0.05, 0.1) is 0 Å². The molecule has 1 amide bonds. The first-order valence-electron chi connectivity index (χ1n) is 4.95. The van der Waals surface area contributed by atoms with Crippen molar-refractivity contribution in [1.82, 2.24) is 15.6 Å². The number of hydrogen-bond acceptors (Lipinski definition) is 4. The van der Waals surface area contributed by atoms with E-state index >= 15 is 0 Å². The summed E-state index contributed by atoms with van der Waals surface area (Å²) >= 11 is 0. The van der Waals surface area contributed by atoms with Crippen LogP contribution in [0, 0.1) is 5.92 Å². The smallest absolute Gasteiger partial charge is 0.276 e. The van der Waals surface area contributed by atoms with Gasteiger partial charge in [-0.3, -0.25) is 4.79 Å². The molecule has 0 radical (unpaired) electrons. The van der Waals surface area contributed by atoms with Crippen molar-refractivity contribution in [3.05, 3.63) is 11.9 Å². The summed E-state index contributed by atoms with van der Waals surface area (Å²) in [6.45, 7) is 0. The molecule has 3 aliphatic rings. The molecular formula is C9H12N4O. The van der Waals surface area contributed by atoms with Gasteiger partial charge < -0.3 is 10.6 Å². The Morgan fingerprint density at radius 3 is 3.07 bits per heavy atom. The summed E-state index contributed by atoms with van der Waals surface area (Å²) in [6, 6.07) is 0. The van der Waals surface area contributed by atoms with Gasteiger partial charge in [-0.1, -0.05) is 6.42 Å². The minimum atomic E-state index is -0.0747. The Balaban J connectivity index is 1.84. The Morgan fingerprint density at radius 1 is 1.50 bits per heavy atom. The summed E-state index contributed by atoms with van der Waals surface area (Å²) in [4.78, 5) is 11.4. The van der Waals surface area contributed by atoms with E-state index < -0.39 is 0 Å². The summed E-state index contributed by atoms with van der Waals surface area (Å²) in [5.74, 6) is 0.557. The quantitative estimate of drug-likeness (QED) is 0.611. The van der Waals surface area contributed by atoms with Crippen LogP contribution in [0.2, 0.25) is 0 Å². The van der Waals surface area contributed by atoms with Crippen molar-refractivity contribution >= 4 is 12.2 Å². The van der Waals surface area contributed by atoms with Crippen LogP contribution in [0.4, 0.5) is 0 Å². The molecule has 1 unspecified atom stereocenters. The number of hydrogen-bond donors (Lipinski definition) is 2. The van der Waals surface area contributed by atoms with E-state index in [1.165, 1.54) is 25.6 Å². The molecule has 2 aliphatic heterocycles. The molecule has 3 rings (SSSR count). The van der Waals surface area contributed by atoms with Gasteiger partial charge in [-0.2, -0.15) is 5.10 Å². The molecule has 5 heteroatoms. The molecule has 0 aromatic heterocycles. The van der Waals surface area contributed by atoms with E-state index in [1.54, 1.807) is 11.2 Å². The van der Waals surface area contributed by atoms with E-state index in [1.807, 2.05) is 0 Å². The lowest BCUT2D eigenvalue weighted by molar-refractivity contribution is -0.118. The summed E-state index contributed by atoms with van der Waals surface area (Å²) in [5.41, 5.74) is 0.629. The molecule has 1 aliphatic carbocycles. The van der Waals surface area contributed by atoms with Gasteiger partial charge in [0.2, 0.25) is 0 Å². The van der Waals surface area contributed by atoms with Crippen LogP contribution >= 0.6 is 0 Å². The van der Waals surface area contributed by atoms with E-state index in [0.717, 1.165) is 0 Å². The molecule has 0 saturated heterocycles. The van der Waals surface area contributed by atoms with Crippen molar-refractivity contribution in [3.8, 4) is 0 Å². The topological polar surface area (TPSA) is 56.7 Å². The van der Waals surface area contributed by atoms with Gasteiger partial charge >= 0.3 is 0 Å². The van der Waals surface area contributed by atoms with Gasteiger partial charge in [-0.25, -0.2) is 5.01 Å². The Hall–Kier alpha value is -1.52. The van der Waals surface area contributed by atoms with Crippen LogP contribution < -0.4 is 10.6 Å². The maximum Gasteiger partial charge on any atom is 0.276 e. The zero-order chi connectivity index (χ0) is 9.54. The molecule has 1 fully saturated rings. The third kappa shape index (κ3) is 0.950. The maximum atomic E-state index is 11.4. The highest BCUT2D eigenvalue weighted by molar-refractivity contribution is 6.01. The van der Waals surface area contributed by atoms with E-state index in [2.05, 4.69) is 15.7 Å². The Labute approximate surface area is 81.8 Å². The normalized spacial score (nSPS) is 30.3. The standard InChI is InChI=1S/C9H12N4O/c14-9-7-4-10-8(6-2-1-3-6)13(7)12-5-11-9/h4-6,8,10H,1-3H2,(H,11,12,14). The molecule has 74 valence electrons. The lowest BCUT2D eigenvalue weighted by atomic mass is 9.83. The first-order chi connectivity index (χ1) is 6.86. The van der Waals surface area contributed by atoms with Gasteiger partial charge in [0, 0.05) is 6.20 Å². The third-order valence-corrected chi connectivity index (χ3v) is 3.11. The van der Waals surface area contributed by atoms with Crippen LogP contribution in [-0.4, -0.2) is 23.4 Å². The largest absolute Gasteiger partial charge is 0.368 e. The second-order valence-corrected chi connectivity index (χ2v) is 3.89. The number of fused-ring (bicyclic) bond motifs is 1. The molecule has 1 saturated carbocycles. The van der Waals surface area contributed by atoms with Crippen LogP contribution in [0.3, 0.4) is 0 Å². The highest BCUT2D eigenvalue weighted by Crippen LogP contribution is 2.34. The predicted molar refractivity (Wildman–Crippen MR) is 50.8 cm³/mol. The fourth-order valence-electron chi connectivity index (χ4n) is 2.07. The van der Waals surface area contributed by atoms with Crippen molar-refractivity contribution < 1.29 is 4.79 Å². The summed E-state index contributed by atoms with van der Waals surface area (Å²) < 4.78 is 0. The van der Waals surface area contributed by atoms with Crippen molar-refractivity contribution in [3.63, 3.8) is 0 Å². The second kappa shape index (κ2) is 2.73. The number of hydrazone groups is 1. The lowest BCUT2D eigenvalue weighted by Crippen LogP contribution is -2.47. The molecule has 2 heterocycles. The molecule has 14 heavy (non-hydrogen) atoms. The van der Waals surface area contributed by atoms with Crippen LogP contribution in [0.1, 0.15) is 19.3 Å². The second-order valence-electron chi connectivity index (χ2n) is 3.89. The Morgan fingerprint density at radius 2 is 2.36 bits per heavy atom. The van der Waals surface area contributed by atoms with E-state index in [0.29, 0.717) is 11.6 Å². The summed E-state index contributed by atoms with van der Waals surface area (Å²) in [6.07, 6.45) is 7.16. The van der Waals surface area contributed by atoms with Crippen LogP contribution in [-0.2, 0) is 4.79 Å². The first kappa shape index (κ1) is 7.84. The third-order valence-electron chi connectivity index (χ3n) is 3.11. The van der Waals surface area contributed by atoms with Gasteiger partial charge in [-0.05, 0) is 18.8 Å². The molecule has 5 nitrogen and oxygen atoms in total. The van der Waals surface area contributed by atoms with E-state index in [4.69, 9.17) is 0 Å². The minimum Gasteiger partial charge on any atom is -0.368 e. The van der Waals surface area contributed by atoms with Gasteiger partial charge in [0.25, 0.3) is 5.91 Å². The van der Waals surface area contributed by atoms with Gasteiger partial charge in [-0.15, -0.1) is 0 Å². The van der Waals surface area contributed by atoms with Crippen molar-refractivity contribution in [2.45, 2.75) is 25.4 Å². The zero-order valence-corrected chi connectivity index (χ0v) is 7.73. The monoisotopic (exact) mass is 192 g/mol. The number of rotatable bonds is 1. The molecule has 1 atom stereocenters. The van der Waals surface area contributed by atoms with Crippen molar-refractivity contribution in [1.29, 1.82) is 0 Å². The summed E-state index contributed by atoms with van der Waals surface area (Å²) in [5, 5.41) is 11.8. The first-order valence-corrected chi connectivity index (χ1v) is 4.95. The molecule has 0 aromatic rings. The molecule has 0 aromatic carbocycles. The SMILES string of the molecule is O=C1NC=NN2C1=CNC2C1CCC1. The number of nitrogens with one attached hydrogen (secondary N) is 2. The average molecular weight is 192 g/mol. The van der Waals surface area contributed by atoms with Gasteiger partial charge in [0.1, 0.15) is 18.2 Å². The van der Waals surface area contributed by atoms with E-state index in [9.17, 15) is 4.79 Å². The fourth-order valence-corrected chi connectivity index (χ4v) is 2.07. The van der Waals surface area contributed by atoms with Crippen LogP contribution in [0.5, 0.6) is 0 Å². The zero-order valence-electron chi connectivity index (χ0n) is 7.73. The Bertz CT molecular complexity index is 332. The van der Waals surface area contributed by atoms with Crippen molar-refractivity contribution in [2.24, 2.45) is 11.0 Å². The van der Waals surface area contributed by atoms with Crippen molar-refractivity contribution in [2.75, 3.05) is 0 Å².